The van der Waals surface area contributed by atoms with E-state index in [1.165, 1.54) is 18.4 Å². The van der Waals surface area contributed by atoms with Crippen molar-refractivity contribution in [3.8, 4) is 0 Å². The SMILES string of the molecule is Cc1cc(C2CCCN2)ccn1.Cl.Cl. The zero-order valence-corrected chi connectivity index (χ0v) is 9.83. The highest BCUT2D eigenvalue weighted by molar-refractivity contribution is 5.85. The van der Waals surface area contributed by atoms with Crippen LogP contribution in [0.25, 0.3) is 0 Å². The molecule has 1 atom stereocenters. The van der Waals surface area contributed by atoms with Gasteiger partial charge >= 0.3 is 0 Å². The van der Waals surface area contributed by atoms with Crippen molar-refractivity contribution in [3.63, 3.8) is 0 Å². The number of rotatable bonds is 1. The molecule has 1 aromatic heterocycles. The predicted molar refractivity (Wildman–Crippen MR) is 63.4 cm³/mol. The van der Waals surface area contributed by atoms with Gasteiger partial charge in [-0.2, -0.15) is 0 Å². The number of nitrogens with zero attached hydrogens (tertiary/aromatic N) is 1. The maximum Gasteiger partial charge on any atom is 0.0375 e. The first kappa shape index (κ1) is 13.7. The van der Waals surface area contributed by atoms with E-state index in [9.17, 15) is 0 Å². The van der Waals surface area contributed by atoms with E-state index in [4.69, 9.17) is 0 Å². The lowest BCUT2D eigenvalue weighted by atomic mass is 10.1. The van der Waals surface area contributed by atoms with Gasteiger partial charge in [0.15, 0.2) is 0 Å². The molecule has 14 heavy (non-hydrogen) atoms. The molecule has 0 aromatic carbocycles. The fourth-order valence-corrected chi connectivity index (χ4v) is 1.75. The van der Waals surface area contributed by atoms with Crippen LogP contribution in [0.15, 0.2) is 18.3 Å². The van der Waals surface area contributed by atoms with Crippen molar-refractivity contribution in [1.29, 1.82) is 0 Å². The van der Waals surface area contributed by atoms with Crippen LogP contribution in [-0.4, -0.2) is 11.5 Å². The van der Waals surface area contributed by atoms with Crippen LogP contribution in [0.1, 0.15) is 30.1 Å². The number of halogens is 2. The molecule has 0 spiro atoms. The van der Waals surface area contributed by atoms with Crippen molar-refractivity contribution in [2.45, 2.75) is 25.8 Å². The van der Waals surface area contributed by atoms with E-state index in [0.717, 1.165) is 12.2 Å². The van der Waals surface area contributed by atoms with E-state index >= 15 is 0 Å². The molecule has 0 radical (unpaired) electrons. The van der Waals surface area contributed by atoms with Gasteiger partial charge in [0.2, 0.25) is 0 Å². The first-order chi connectivity index (χ1) is 5.86. The van der Waals surface area contributed by atoms with E-state index in [1.807, 2.05) is 13.1 Å². The summed E-state index contributed by atoms with van der Waals surface area (Å²) >= 11 is 0. The maximum absolute atomic E-state index is 4.18. The Hall–Kier alpha value is -0.310. The second-order valence-corrected chi connectivity index (χ2v) is 3.38. The van der Waals surface area contributed by atoms with Gasteiger partial charge < -0.3 is 5.32 Å². The van der Waals surface area contributed by atoms with Gasteiger partial charge in [-0.15, -0.1) is 24.8 Å². The Morgan fingerprint density at radius 1 is 1.43 bits per heavy atom. The zero-order chi connectivity index (χ0) is 8.39. The fourth-order valence-electron chi connectivity index (χ4n) is 1.75. The van der Waals surface area contributed by atoms with E-state index < -0.39 is 0 Å². The number of hydrogen-bond donors (Lipinski definition) is 1. The van der Waals surface area contributed by atoms with Crippen molar-refractivity contribution in [1.82, 2.24) is 10.3 Å². The van der Waals surface area contributed by atoms with Crippen LogP contribution in [0.4, 0.5) is 0 Å². The Morgan fingerprint density at radius 3 is 2.79 bits per heavy atom. The molecule has 1 saturated heterocycles. The molecule has 0 saturated carbocycles. The number of nitrogens with one attached hydrogen (secondary N) is 1. The van der Waals surface area contributed by atoms with Crippen LogP contribution in [0, 0.1) is 6.92 Å². The molecule has 2 nitrogen and oxygen atoms in total. The molecule has 0 amide bonds. The Kier molecular flexibility index (Phi) is 6.09. The van der Waals surface area contributed by atoms with Crippen LogP contribution >= 0.6 is 24.8 Å². The third kappa shape index (κ3) is 3.12. The van der Waals surface area contributed by atoms with E-state index in [2.05, 4.69) is 22.4 Å². The predicted octanol–water partition coefficient (Wildman–Crippen LogP) is 2.66. The highest BCUT2D eigenvalue weighted by Crippen LogP contribution is 2.22. The Bertz CT molecular complexity index is 273. The molecular weight excluding hydrogens is 219 g/mol. The molecule has 80 valence electrons. The molecule has 1 aromatic rings. The van der Waals surface area contributed by atoms with Crippen molar-refractivity contribution >= 4 is 24.8 Å². The highest BCUT2D eigenvalue weighted by Gasteiger charge is 2.15. The lowest BCUT2D eigenvalue weighted by molar-refractivity contribution is 0.646. The van der Waals surface area contributed by atoms with Gasteiger partial charge in [0.05, 0.1) is 0 Å². The molecule has 1 aliphatic rings. The number of aryl methyl sites for hydroxylation is 1. The van der Waals surface area contributed by atoms with Gasteiger partial charge in [0.25, 0.3) is 0 Å². The summed E-state index contributed by atoms with van der Waals surface area (Å²) in [5, 5.41) is 3.47. The molecule has 0 aliphatic carbocycles. The minimum Gasteiger partial charge on any atom is -0.310 e. The molecule has 2 heterocycles. The minimum atomic E-state index is 0. The molecule has 1 N–H and O–H groups in total. The van der Waals surface area contributed by atoms with Crippen LogP contribution in [0.3, 0.4) is 0 Å². The number of aromatic nitrogens is 1. The van der Waals surface area contributed by atoms with Crippen molar-refractivity contribution < 1.29 is 0 Å². The minimum absolute atomic E-state index is 0. The molecule has 1 aliphatic heterocycles. The fraction of sp³-hybridized carbons (Fsp3) is 0.500. The molecular formula is C10H16Cl2N2. The van der Waals surface area contributed by atoms with Crippen LogP contribution in [-0.2, 0) is 0 Å². The summed E-state index contributed by atoms with van der Waals surface area (Å²) in [4.78, 5) is 4.18. The van der Waals surface area contributed by atoms with Crippen LogP contribution in [0.5, 0.6) is 0 Å². The third-order valence-corrected chi connectivity index (χ3v) is 2.38. The number of hydrogen-bond acceptors (Lipinski definition) is 2. The maximum atomic E-state index is 4.18. The van der Waals surface area contributed by atoms with E-state index in [1.54, 1.807) is 0 Å². The topological polar surface area (TPSA) is 24.9 Å². The summed E-state index contributed by atoms with van der Waals surface area (Å²) in [5.74, 6) is 0. The van der Waals surface area contributed by atoms with Crippen molar-refractivity contribution in [2.24, 2.45) is 0 Å². The second-order valence-electron chi connectivity index (χ2n) is 3.38. The Balaban J connectivity index is 0.000000845. The third-order valence-electron chi connectivity index (χ3n) is 2.38. The number of pyridine rings is 1. The zero-order valence-electron chi connectivity index (χ0n) is 8.19. The normalized spacial score (nSPS) is 19.6. The van der Waals surface area contributed by atoms with E-state index in [-0.39, 0.29) is 24.8 Å². The first-order valence-electron chi connectivity index (χ1n) is 4.52. The van der Waals surface area contributed by atoms with Gasteiger partial charge in [0.1, 0.15) is 0 Å². The van der Waals surface area contributed by atoms with Gasteiger partial charge in [-0.05, 0) is 44.0 Å². The molecule has 1 fully saturated rings. The molecule has 1 unspecified atom stereocenters. The van der Waals surface area contributed by atoms with Crippen LogP contribution < -0.4 is 5.32 Å². The Morgan fingerprint density at radius 2 is 2.21 bits per heavy atom. The summed E-state index contributed by atoms with van der Waals surface area (Å²) in [6, 6.07) is 4.85. The summed E-state index contributed by atoms with van der Waals surface area (Å²) in [6.45, 7) is 3.20. The largest absolute Gasteiger partial charge is 0.310 e. The van der Waals surface area contributed by atoms with E-state index in [0.29, 0.717) is 6.04 Å². The lowest BCUT2D eigenvalue weighted by Crippen LogP contribution is -2.12. The summed E-state index contributed by atoms with van der Waals surface area (Å²) in [5.41, 5.74) is 2.50. The average molecular weight is 235 g/mol. The molecule has 2 rings (SSSR count). The molecule has 4 heteroatoms. The molecule has 0 bridgehead atoms. The summed E-state index contributed by atoms with van der Waals surface area (Å²) in [6.07, 6.45) is 4.46. The van der Waals surface area contributed by atoms with Gasteiger partial charge in [-0.3, -0.25) is 4.98 Å². The lowest BCUT2D eigenvalue weighted by Gasteiger charge is -2.09. The standard InChI is InChI=1S/C10H14N2.2ClH/c1-8-7-9(4-6-11-8)10-3-2-5-12-10;;/h4,6-7,10,12H,2-3,5H2,1H3;2*1H. The summed E-state index contributed by atoms with van der Waals surface area (Å²) in [7, 11) is 0. The van der Waals surface area contributed by atoms with Gasteiger partial charge in [-0.1, -0.05) is 0 Å². The van der Waals surface area contributed by atoms with Crippen molar-refractivity contribution in [3.05, 3.63) is 29.6 Å². The van der Waals surface area contributed by atoms with Gasteiger partial charge in [0, 0.05) is 17.9 Å². The van der Waals surface area contributed by atoms with Crippen LogP contribution in [0.2, 0.25) is 0 Å². The average Bonchev–Trinajstić information content (AvgIpc) is 2.56. The van der Waals surface area contributed by atoms with Crippen molar-refractivity contribution in [2.75, 3.05) is 6.54 Å². The highest BCUT2D eigenvalue weighted by atomic mass is 35.5. The monoisotopic (exact) mass is 234 g/mol. The smallest absolute Gasteiger partial charge is 0.0375 e. The summed E-state index contributed by atoms with van der Waals surface area (Å²) < 4.78 is 0. The van der Waals surface area contributed by atoms with Gasteiger partial charge in [-0.25, -0.2) is 0 Å². The second kappa shape index (κ2) is 6.23. The quantitative estimate of drug-likeness (QED) is 0.809. The Labute approximate surface area is 97.3 Å². The first-order valence-corrected chi connectivity index (χ1v) is 4.52.